The van der Waals surface area contributed by atoms with Crippen molar-refractivity contribution in [1.82, 2.24) is 12.3 Å². The molecule has 0 rings (SSSR count). The van der Waals surface area contributed by atoms with Crippen molar-refractivity contribution in [3.63, 3.8) is 0 Å². The predicted molar refractivity (Wildman–Crippen MR) is 20.4 cm³/mol. The summed E-state index contributed by atoms with van der Waals surface area (Å²) >= 11 is 0. The number of nitrogens with zero attached hydrogens (tertiary/aromatic N) is 1. The van der Waals surface area contributed by atoms with E-state index in [4.69, 9.17) is 15.3 Å². The Morgan fingerprint density at radius 3 is 1.14 bits per heavy atom. The van der Waals surface area contributed by atoms with Crippen LogP contribution in [0, 0.1) is 15.3 Å². The fraction of sp³-hybridized carbons (Fsp3) is 0. The van der Waals surface area contributed by atoms with Crippen molar-refractivity contribution < 1.29 is 25.5 Å². The van der Waals surface area contributed by atoms with Gasteiger partial charge in [-0.25, -0.2) is 0 Å². The molecule has 0 unspecified atom stereocenters. The van der Waals surface area contributed by atoms with E-state index in [0.717, 1.165) is 0 Å². The fourth-order valence-electron chi connectivity index (χ4n) is 0. The Bertz CT molecular complexity index is 33.2. The Labute approximate surface area is 53.8 Å². The summed E-state index contributed by atoms with van der Waals surface area (Å²) in [6, 6.07) is 0. The minimum atomic E-state index is -1.75. The first-order valence-corrected chi connectivity index (χ1v) is 0.548. The second-order valence-corrected chi connectivity index (χ2v) is 0.224. The normalized spacial score (nSPS) is 3.43. The van der Waals surface area contributed by atoms with E-state index in [9.17, 15) is 0 Å². The Balaban J connectivity index is -0.0000000150. The van der Waals surface area contributed by atoms with Crippen LogP contribution in [0.4, 0.5) is 0 Å². The third-order valence-corrected chi connectivity index (χ3v) is 0. The topological polar surface area (TPSA) is 136 Å². The summed E-state index contributed by atoms with van der Waals surface area (Å²) < 4.78 is 0. The summed E-state index contributed by atoms with van der Waals surface area (Å²) in [6.07, 6.45) is 0. The Kier molecular flexibility index (Phi) is 71.5. The molecule has 0 aliphatic heterocycles. The monoisotopic (exact) mass is 202 g/mol. The van der Waals surface area contributed by atoms with Crippen LogP contribution in [0.3, 0.4) is 0 Å². The summed E-state index contributed by atoms with van der Waals surface area (Å²) in [5.41, 5.74) is 0. The molecule has 0 amide bonds. The quantitative estimate of drug-likeness (QED) is 0.326. The molecule has 7 heteroatoms. The van der Waals surface area contributed by atoms with E-state index in [-0.39, 0.29) is 32.7 Å². The average Bonchev–Trinajstić information content (AvgIpc) is 0.811. The van der Waals surface area contributed by atoms with Crippen LogP contribution < -0.4 is 12.3 Å². The number of rotatable bonds is 0. The summed E-state index contributed by atoms with van der Waals surface area (Å²) in [5, 5.41) is 14.8. The van der Waals surface area contributed by atoms with Crippen LogP contribution >= 0.6 is 0 Å². The van der Waals surface area contributed by atoms with Crippen LogP contribution in [-0.2, 0) is 20.4 Å². The van der Waals surface area contributed by atoms with Gasteiger partial charge in [0, 0.05) is 20.4 Å². The van der Waals surface area contributed by atoms with E-state index >= 15 is 0 Å². The maximum absolute atomic E-state index is 8.25. The van der Waals surface area contributed by atoms with E-state index in [1.807, 2.05) is 0 Å². The molecule has 0 aromatic carbocycles. The molecule has 0 spiro atoms. The molecule has 0 bridgehead atoms. The summed E-state index contributed by atoms with van der Waals surface area (Å²) in [7, 11) is 0. The van der Waals surface area contributed by atoms with Gasteiger partial charge < -0.3 is 27.6 Å². The largest absolute Gasteiger partial charge is 0.356 e. The van der Waals surface area contributed by atoms with Crippen molar-refractivity contribution in [1.29, 1.82) is 0 Å². The zero-order chi connectivity index (χ0) is 3.58. The van der Waals surface area contributed by atoms with Gasteiger partial charge in [0.15, 0.2) is 0 Å². The molecule has 0 atom stereocenters. The first kappa shape index (κ1) is 29.3. The SMILES string of the molecule is N.N.O=[N+]([O-])[O-].[Pd]. The van der Waals surface area contributed by atoms with Crippen LogP contribution in [0.15, 0.2) is 0 Å². The van der Waals surface area contributed by atoms with Crippen molar-refractivity contribution in [2.75, 3.05) is 0 Å². The van der Waals surface area contributed by atoms with Gasteiger partial charge in [0.1, 0.15) is 0 Å². The summed E-state index contributed by atoms with van der Waals surface area (Å²) in [6.45, 7) is 0. The molecular weight excluding hydrogens is 196 g/mol. The van der Waals surface area contributed by atoms with Crippen LogP contribution in [-0.4, -0.2) is 5.09 Å². The molecule has 50 valence electrons. The molecule has 6 nitrogen and oxygen atoms in total. The molecule has 0 aliphatic rings. The summed E-state index contributed by atoms with van der Waals surface area (Å²) in [5.74, 6) is 0. The third-order valence-electron chi connectivity index (χ3n) is 0. The average molecular weight is 202 g/mol. The van der Waals surface area contributed by atoms with Gasteiger partial charge in [0.25, 0.3) is 0 Å². The first-order chi connectivity index (χ1) is 1.73. The smallest absolute Gasteiger partial charge is 0.0689 e. The van der Waals surface area contributed by atoms with Crippen molar-refractivity contribution in [3.8, 4) is 0 Å². The minimum Gasteiger partial charge on any atom is -0.356 e. The van der Waals surface area contributed by atoms with Crippen molar-refractivity contribution >= 4 is 0 Å². The molecule has 0 aromatic rings. The van der Waals surface area contributed by atoms with E-state index in [2.05, 4.69) is 0 Å². The molecule has 0 aromatic heterocycles. The van der Waals surface area contributed by atoms with Gasteiger partial charge in [-0.15, -0.1) is 0 Å². The molecule has 0 heterocycles. The summed E-state index contributed by atoms with van der Waals surface area (Å²) in [4.78, 5) is 8.25. The van der Waals surface area contributed by atoms with Crippen LogP contribution in [0.25, 0.3) is 0 Å². The third kappa shape index (κ3) is 1750. The van der Waals surface area contributed by atoms with Crippen molar-refractivity contribution in [2.45, 2.75) is 0 Å². The molecule has 0 fully saturated rings. The van der Waals surface area contributed by atoms with Crippen molar-refractivity contribution in [3.05, 3.63) is 15.3 Å². The number of hydrogen-bond donors (Lipinski definition) is 2. The molecule has 0 saturated heterocycles. The van der Waals surface area contributed by atoms with Crippen LogP contribution in [0.1, 0.15) is 0 Å². The Morgan fingerprint density at radius 1 is 1.14 bits per heavy atom. The predicted octanol–water partition coefficient (Wildman–Crippen LogP) is 0.0824. The van der Waals surface area contributed by atoms with Gasteiger partial charge in [-0.1, -0.05) is 0 Å². The zero-order valence-corrected chi connectivity index (χ0v) is 4.96. The van der Waals surface area contributed by atoms with Crippen LogP contribution in [0.2, 0.25) is 0 Å². The van der Waals surface area contributed by atoms with E-state index in [1.54, 1.807) is 0 Å². The Hall–Kier alpha value is -0.218. The molecule has 6 N–H and O–H groups in total. The van der Waals surface area contributed by atoms with Gasteiger partial charge in [-0.3, -0.25) is 0 Å². The molecule has 0 aliphatic carbocycles. The molecular formula is H6N3O3Pd-. The molecule has 7 heavy (non-hydrogen) atoms. The Morgan fingerprint density at radius 2 is 1.14 bits per heavy atom. The molecule has 0 saturated carbocycles. The second-order valence-electron chi connectivity index (χ2n) is 0.224. The van der Waals surface area contributed by atoms with Gasteiger partial charge in [0.05, 0.1) is 5.09 Å². The van der Waals surface area contributed by atoms with Gasteiger partial charge in [-0.05, 0) is 0 Å². The maximum Gasteiger partial charge on any atom is 0.0689 e. The van der Waals surface area contributed by atoms with E-state index in [1.165, 1.54) is 0 Å². The van der Waals surface area contributed by atoms with Gasteiger partial charge in [0.2, 0.25) is 0 Å². The van der Waals surface area contributed by atoms with Gasteiger partial charge >= 0.3 is 0 Å². The van der Waals surface area contributed by atoms with E-state index in [0.29, 0.717) is 0 Å². The van der Waals surface area contributed by atoms with Gasteiger partial charge in [-0.2, -0.15) is 0 Å². The first-order valence-electron chi connectivity index (χ1n) is 0.548. The minimum absolute atomic E-state index is 0. The zero-order valence-electron chi connectivity index (χ0n) is 3.40. The standard InChI is InChI=1S/NO3.2H3N.Pd/c2-1(3)4;;;/h;2*1H3;/q-1;;;. The van der Waals surface area contributed by atoms with Crippen LogP contribution in [0.5, 0.6) is 0 Å². The molecule has 0 radical (unpaired) electrons. The van der Waals surface area contributed by atoms with Crippen molar-refractivity contribution in [2.24, 2.45) is 0 Å². The van der Waals surface area contributed by atoms with E-state index < -0.39 is 5.09 Å². The fourth-order valence-corrected chi connectivity index (χ4v) is 0. The second kappa shape index (κ2) is 17.1. The maximum atomic E-state index is 8.25. The number of hydrogen-bond acceptors (Lipinski definition) is 5.